The van der Waals surface area contributed by atoms with Gasteiger partial charge in [-0.15, -0.1) is 0 Å². The number of pyridine rings is 1. The zero-order valence-electron chi connectivity index (χ0n) is 6.78. The summed E-state index contributed by atoms with van der Waals surface area (Å²) in [6, 6.07) is 3.01. The molecule has 0 bridgehead atoms. The fourth-order valence-electron chi connectivity index (χ4n) is 0.745. The second-order valence-corrected chi connectivity index (χ2v) is 2.69. The molecule has 0 aliphatic heterocycles. The van der Waals surface area contributed by atoms with E-state index in [1.807, 2.05) is 16.6 Å². The molecule has 1 aromatic heterocycles. The van der Waals surface area contributed by atoms with Crippen molar-refractivity contribution in [3.05, 3.63) is 22.8 Å². The summed E-state index contributed by atoms with van der Waals surface area (Å²) >= 11 is 7.71. The van der Waals surface area contributed by atoms with Crippen molar-refractivity contribution in [2.75, 3.05) is 7.11 Å². The first-order chi connectivity index (χ1) is 6.19. The second kappa shape index (κ2) is 4.47. The maximum absolute atomic E-state index is 11.0. The molecule has 0 spiro atoms. The van der Waals surface area contributed by atoms with E-state index in [-0.39, 0.29) is 10.7 Å². The van der Waals surface area contributed by atoms with Crippen LogP contribution in [-0.2, 0) is 4.74 Å². The summed E-state index contributed by atoms with van der Waals surface area (Å²) in [4.78, 5) is 14.8. The number of hydrogen-bond acceptors (Lipinski definition) is 4. The largest absolute Gasteiger partial charge is 0.640 e. The number of carbonyl (C=O) groups is 1. The first kappa shape index (κ1) is 10.3. The van der Waals surface area contributed by atoms with Crippen LogP contribution in [0.1, 0.15) is 10.4 Å². The molecule has 66 valence electrons. The Kier molecular flexibility index (Phi) is 3.55. The molecule has 6 heteroatoms. The van der Waals surface area contributed by atoms with Gasteiger partial charge in [-0.1, -0.05) is 11.6 Å². The second-order valence-electron chi connectivity index (χ2n) is 2.10. The molecule has 2 radical (unpaired) electrons. The Morgan fingerprint density at radius 1 is 1.62 bits per heavy atom. The van der Waals surface area contributed by atoms with Gasteiger partial charge in [0, 0.05) is 0 Å². The van der Waals surface area contributed by atoms with Crippen LogP contribution in [0.5, 0.6) is 5.88 Å². The summed E-state index contributed by atoms with van der Waals surface area (Å²) in [5.41, 5.74) is 0.218. The van der Waals surface area contributed by atoms with Crippen molar-refractivity contribution in [3.8, 4) is 5.88 Å². The van der Waals surface area contributed by atoms with Crippen LogP contribution in [0.4, 0.5) is 0 Å². The van der Waals surface area contributed by atoms with Gasteiger partial charge >= 0.3 is 22.6 Å². The molecule has 1 aromatic rings. The van der Waals surface area contributed by atoms with E-state index < -0.39 is 5.97 Å². The Labute approximate surface area is 88.6 Å². The van der Waals surface area contributed by atoms with Gasteiger partial charge in [-0.25, -0.2) is 9.78 Å². The van der Waals surface area contributed by atoms with Gasteiger partial charge in [0.2, 0.25) is 0 Å². The summed E-state index contributed by atoms with van der Waals surface area (Å²) in [6.07, 6.45) is 0. The van der Waals surface area contributed by atoms with E-state index in [9.17, 15) is 4.79 Å². The molecule has 0 aliphatic carbocycles. The third-order valence-electron chi connectivity index (χ3n) is 1.35. The first-order valence-electron chi connectivity index (χ1n) is 3.30. The molecular formula is C7H5AlClNO3. The van der Waals surface area contributed by atoms with Crippen LogP contribution in [0.3, 0.4) is 0 Å². The molecule has 0 saturated carbocycles. The number of aromatic nitrogens is 1. The van der Waals surface area contributed by atoms with Crippen LogP contribution in [0.2, 0.25) is 5.15 Å². The lowest BCUT2D eigenvalue weighted by Crippen LogP contribution is -2.03. The minimum atomic E-state index is -0.521. The molecule has 0 unspecified atom stereocenters. The first-order valence-corrected chi connectivity index (χ1v) is 4.15. The summed E-state index contributed by atoms with van der Waals surface area (Å²) in [6.45, 7) is 0. The molecule has 1 rings (SSSR count). The maximum Gasteiger partial charge on any atom is 0.483 e. The lowest BCUT2D eigenvalue weighted by molar-refractivity contribution is 0.0600. The van der Waals surface area contributed by atoms with Crippen LogP contribution < -0.4 is 3.79 Å². The topological polar surface area (TPSA) is 48.4 Å². The number of ether oxygens (including phenoxy) is 1. The monoisotopic (exact) mass is 213 g/mol. The van der Waals surface area contributed by atoms with Crippen molar-refractivity contribution >= 4 is 34.2 Å². The number of esters is 1. The predicted molar refractivity (Wildman–Crippen MR) is 47.0 cm³/mol. The molecule has 13 heavy (non-hydrogen) atoms. The lowest BCUT2D eigenvalue weighted by Gasteiger charge is -2.04. The van der Waals surface area contributed by atoms with Crippen LogP contribution in [0.15, 0.2) is 12.1 Å². The highest BCUT2D eigenvalue weighted by atomic mass is 35.5. The zero-order valence-corrected chi connectivity index (χ0v) is 8.69. The smallest absolute Gasteiger partial charge is 0.483 e. The van der Waals surface area contributed by atoms with Crippen molar-refractivity contribution in [3.63, 3.8) is 0 Å². The zero-order chi connectivity index (χ0) is 9.84. The molecule has 0 N–H and O–H groups in total. The van der Waals surface area contributed by atoms with Crippen molar-refractivity contribution in [2.24, 2.45) is 0 Å². The average molecular weight is 214 g/mol. The summed E-state index contributed by atoms with van der Waals surface area (Å²) in [5.74, 6) is -0.199. The molecule has 0 amide bonds. The lowest BCUT2D eigenvalue weighted by atomic mass is 10.3. The minimum Gasteiger partial charge on any atom is -0.640 e. The predicted octanol–water partition coefficient (Wildman–Crippen LogP) is 0.984. The third kappa shape index (κ3) is 2.34. The minimum absolute atomic E-state index is 0.0619. The average Bonchev–Trinajstić information content (AvgIpc) is 2.16. The van der Waals surface area contributed by atoms with Crippen molar-refractivity contribution in [2.45, 2.75) is 0 Å². The maximum atomic E-state index is 11.0. The van der Waals surface area contributed by atoms with E-state index in [1.54, 1.807) is 0 Å². The van der Waals surface area contributed by atoms with Gasteiger partial charge in [0.05, 0.1) is 12.7 Å². The van der Waals surface area contributed by atoms with Crippen LogP contribution in [0.25, 0.3) is 0 Å². The molecule has 1 heterocycles. The third-order valence-corrected chi connectivity index (χ3v) is 1.88. The van der Waals surface area contributed by atoms with Gasteiger partial charge in [-0.2, -0.15) is 0 Å². The van der Waals surface area contributed by atoms with E-state index >= 15 is 0 Å². The van der Waals surface area contributed by atoms with Gasteiger partial charge in [0.25, 0.3) is 0 Å². The van der Waals surface area contributed by atoms with Crippen molar-refractivity contribution in [1.29, 1.82) is 0 Å². The van der Waals surface area contributed by atoms with Gasteiger partial charge in [-0.05, 0) is 12.1 Å². The molecule has 0 fully saturated rings. The molecule has 0 atom stereocenters. The van der Waals surface area contributed by atoms with Crippen LogP contribution in [-0.4, -0.2) is 34.7 Å². The highest BCUT2D eigenvalue weighted by molar-refractivity contribution is 6.32. The van der Waals surface area contributed by atoms with E-state index in [4.69, 9.17) is 15.4 Å². The normalized spacial score (nSPS) is 9.38. The molecular weight excluding hydrogens is 209 g/mol. The van der Waals surface area contributed by atoms with Crippen LogP contribution in [0, 0.1) is 0 Å². The Balaban J connectivity index is 3.05. The number of halogens is 1. The standard InChI is InChI=1S/C7H6ClNO3.Al/c1-12-7(11)4-2-3-5(10)9-6(4)8;/h2-3H,1H3,(H,9,10);/q;+1/p-1. The van der Waals surface area contributed by atoms with Gasteiger partial charge in [0.1, 0.15) is 5.15 Å². The molecule has 0 saturated heterocycles. The number of hydrogen-bond donors (Lipinski definition) is 0. The highest BCUT2D eigenvalue weighted by Crippen LogP contribution is 2.17. The molecule has 0 aliphatic rings. The number of rotatable bonds is 2. The fraction of sp³-hybridized carbons (Fsp3) is 0.143. The summed E-state index contributed by atoms with van der Waals surface area (Å²) < 4.78 is 9.21. The van der Waals surface area contributed by atoms with E-state index in [0.29, 0.717) is 5.88 Å². The number of carbonyl (C=O) groups excluding carboxylic acids is 1. The fourth-order valence-corrected chi connectivity index (χ4v) is 1.10. The molecule has 0 aromatic carbocycles. The number of nitrogens with zero attached hydrogens (tertiary/aromatic N) is 1. The number of methoxy groups -OCH3 is 1. The Bertz CT molecular complexity index is 332. The molecule has 4 nitrogen and oxygen atoms in total. The SMILES string of the molecule is COC(=O)c1ccc([O][Al])nc1Cl. The van der Waals surface area contributed by atoms with E-state index in [1.165, 1.54) is 19.2 Å². The van der Waals surface area contributed by atoms with Crippen molar-refractivity contribution < 1.29 is 13.3 Å². The van der Waals surface area contributed by atoms with Gasteiger partial charge < -0.3 is 8.53 Å². The van der Waals surface area contributed by atoms with E-state index in [2.05, 4.69) is 9.72 Å². The Morgan fingerprint density at radius 2 is 2.31 bits per heavy atom. The summed E-state index contributed by atoms with van der Waals surface area (Å²) in [5, 5.41) is 0.0619. The van der Waals surface area contributed by atoms with Gasteiger partial charge in [0.15, 0.2) is 5.88 Å². The van der Waals surface area contributed by atoms with Crippen LogP contribution >= 0.6 is 11.6 Å². The Morgan fingerprint density at radius 3 is 2.77 bits per heavy atom. The van der Waals surface area contributed by atoms with E-state index in [0.717, 1.165) is 0 Å². The Hall–Kier alpha value is -0.758. The van der Waals surface area contributed by atoms with Gasteiger partial charge in [-0.3, -0.25) is 0 Å². The van der Waals surface area contributed by atoms with Crippen molar-refractivity contribution in [1.82, 2.24) is 4.98 Å². The quantitative estimate of drug-likeness (QED) is 0.418. The summed E-state index contributed by atoms with van der Waals surface area (Å²) in [7, 11) is 1.28. The highest BCUT2D eigenvalue weighted by Gasteiger charge is 2.11.